The Labute approximate surface area is 129 Å². The Bertz CT molecular complexity index is 592. The van der Waals surface area contributed by atoms with E-state index in [0.717, 1.165) is 4.90 Å². The van der Waals surface area contributed by atoms with E-state index >= 15 is 0 Å². The molecule has 1 aromatic rings. The van der Waals surface area contributed by atoms with Gasteiger partial charge in [0.1, 0.15) is 17.3 Å². The lowest BCUT2D eigenvalue weighted by molar-refractivity contribution is -0.162. The second kappa shape index (κ2) is 5.87. The maximum Gasteiger partial charge on any atom is 0.330 e. The van der Waals surface area contributed by atoms with Crippen LogP contribution < -0.4 is 0 Å². The van der Waals surface area contributed by atoms with Crippen molar-refractivity contribution in [2.24, 2.45) is 5.92 Å². The Morgan fingerprint density at radius 3 is 2.55 bits per heavy atom. The number of hydrogen-bond acceptors (Lipinski definition) is 5. The lowest BCUT2D eigenvalue weighted by atomic mass is 10.0. The van der Waals surface area contributed by atoms with Crippen LogP contribution in [0.2, 0.25) is 0 Å². The highest BCUT2D eigenvalue weighted by Crippen LogP contribution is 2.28. The summed E-state index contributed by atoms with van der Waals surface area (Å²) in [7, 11) is 0. The first-order valence-corrected chi connectivity index (χ1v) is 7.21. The summed E-state index contributed by atoms with van der Waals surface area (Å²) in [5.74, 6) is -1.78. The largest absolute Gasteiger partial charge is 0.458 e. The fourth-order valence-electron chi connectivity index (χ4n) is 2.45. The van der Waals surface area contributed by atoms with Crippen molar-refractivity contribution in [1.82, 2.24) is 9.88 Å². The number of rotatable bonds is 2. The van der Waals surface area contributed by atoms with Gasteiger partial charge >= 0.3 is 5.97 Å². The number of carbonyl (C=O) groups is 3. The zero-order chi connectivity index (χ0) is 16.5. The van der Waals surface area contributed by atoms with Gasteiger partial charge in [0.15, 0.2) is 0 Å². The first-order chi connectivity index (χ1) is 10.2. The Morgan fingerprint density at radius 2 is 2.00 bits per heavy atom. The van der Waals surface area contributed by atoms with Crippen molar-refractivity contribution < 1.29 is 19.1 Å². The van der Waals surface area contributed by atoms with Gasteiger partial charge in [-0.15, -0.1) is 0 Å². The molecule has 0 N–H and O–H groups in total. The minimum atomic E-state index is -0.902. The van der Waals surface area contributed by atoms with Gasteiger partial charge < -0.3 is 4.74 Å². The van der Waals surface area contributed by atoms with E-state index in [1.54, 1.807) is 39.8 Å². The van der Waals surface area contributed by atoms with E-state index in [0.29, 0.717) is 0 Å². The van der Waals surface area contributed by atoms with Gasteiger partial charge in [-0.25, -0.2) is 4.79 Å². The third-order valence-corrected chi connectivity index (χ3v) is 3.33. The monoisotopic (exact) mass is 304 g/mol. The van der Waals surface area contributed by atoms with E-state index in [1.807, 2.05) is 0 Å². The van der Waals surface area contributed by atoms with Gasteiger partial charge in [0.05, 0.1) is 0 Å². The average Bonchev–Trinajstić information content (AvgIpc) is 2.71. The van der Waals surface area contributed by atoms with Gasteiger partial charge in [0.2, 0.25) is 5.91 Å². The predicted molar refractivity (Wildman–Crippen MR) is 78.8 cm³/mol. The van der Waals surface area contributed by atoms with E-state index in [-0.39, 0.29) is 23.9 Å². The fraction of sp³-hybridized carbons (Fsp3) is 0.500. The molecule has 1 aliphatic rings. The number of imide groups is 1. The predicted octanol–water partition coefficient (Wildman–Crippen LogP) is 1.80. The van der Waals surface area contributed by atoms with Gasteiger partial charge in [0.25, 0.3) is 5.91 Å². The number of carbonyl (C=O) groups excluding carboxylic acids is 3. The molecule has 2 rings (SSSR count). The van der Waals surface area contributed by atoms with Gasteiger partial charge in [-0.05, 0) is 38.8 Å². The molecule has 6 heteroatoms. The molecule has 1 fully saturated rings. The average molecular weight is 304 g/mol. The minimum Gasteiger partial charge on any atom is -0.458 e. The molecule has 0 saturated carbocycles. The van der Waals surface area contributed by atoms with Crippen LogP contribution in [-0.2, 0) is 14.3 Å². The van der Waals surface area contributed by atoms with Crippen LogP contribution in [0, 0.1) is 5.92 Å². The first-order valence-electron chi connectivity index (χ1n) is 7.21. The zero-order valence-electron chi connectivity index (χ0n) is 13.2. The van der Waals surface area contributed by atoms with Gasteiger partial charge in [0, 0.05) is 12.6 Å². The topological polar surface area (TPSA) is 76.6 Å². The normalized spacial score (nSPS) is 21.8. The highest BCUT2D eigenvalue weighted by molar-refractivity contribution is 6.08. The highest BCUT2D eigenvalue weighted by Gasteiger charge is 2.47. The quantitative estimate of drug-likeness (QED) is 0.615. The van der Waals surface area contributed by atoms with Crippen LogP contribution in [0.5, 0.6) is 0 Å². The molecule has 1 unspecified atom stereocenters. The number of pyridine rings is 1. The third-order valence-electron chi connectivity index (χ3n) is 3.33. The Kier molecular flexibility index (Phi) is 4.30. The standard InChI is InChI=1S/C16H20N2O4/c1-10-9-12(19)18(13(10)15(21)22-16(2,3)4)14(20)11-7-5-6-8-17-11/h5-8,10,13H,9H2,1-4H3/t10?,13-/m0/s1. The van der Waals surface area contributed by atoms with Crippen molar-refractivity contribution in [3.8, 4) is 0 Å². The highest BCUT2D eigenvalue weighted by atomic mass is 16.6. The summed E-state index contributed by atoms with van der Waals surface area (Å²) in [5.41, 5.74) is -0.541. The number of amides is 2. The molecule has 0 radical (unpaired) electrons. The maximum atomic E-state index is 12.5. The molecule has 0 aromatic carbocycles. The number of ether oxygens (including phenoxy) is 1. The number of likely N-dealkylation sites (tertiary alicyclic amines) is 1. The summed E-state index contributed by atoms with van der Waals surface area (Å²) in [4.78, 5) is 42.0. The zero-order valence-corrected chi connectivity index (χ0v) is 13.2. The Morgan fingerprint density at radius 1 is 1.32 bits per heavy atom. The number of esters is 1. The van der Waals surface area contributed by atoms with Crippen LogP contribution in [0.15, 0.2) is 24.4 Å². The number of aromatic nitrogens is 1. The summed E-state index contributed by atoms with van der Waals surface area (Å²) in [5, 5.41) is 0. The molecule has 2 atom stereocenters. The van der Waals surface area contributed by atoms with E-state index in [4.69, 9.17) is 4.74 Å². The lowest BCUT2D eigenvalue weighted by Crippen LogP contribution is -2.47. The van der Waals surface area contributed by atoms with Crippen molar-refractivity contribution in [2.75, 3.05) is 0 Å². The minimum absolute atomic E-state index is 0.138. The fourth-order valence-corrected chi connectivity index (χ4v) is 2.45. The van der Waals surface area contributed by atoms with Crippen molar-refractivity contribution in [2.45, 2.75) is 45.8 Å². The van der Waals surface area contributed by atoms with Crippen molar-refractivity contribution in [1.29, 1.82) is 0 Å². The van der Waals surface area contributed by atoms with Crippen molar-refractivity contribution in [3.05, 3.63) is 30.1 Å². The number of nitrogens with zero attached hydrogens (tertiary/aromatic N) is 2. The molecule has 1 aliphatic heterocycles. The van der Waals surface area contributed by atoms with Crippen molar-refractivity contribution >= 4 is 17.8 Å². The maximum absolute atomic E-state index is 12.5. The third kappa shape index (κ3) is 3.32. The summed E-state index contributed by atoms with van der Waals surface area (Å²) >= 11 is 0. The molecule has 0 spiro atoms. The van der Waals surface area contributed by atoms with Crippen LogP contribution in [-0.4, -0.2) is 39.3 Å². The molecular formula is C16H20N2O4. The summed E-state index contributed by atoms with van der Waals surface area (Å²) in [6.45, 7) is 7.00. The van der Waals surface area contributed by atoms with Crippen LogP contribution in [0.3, 0.4) is 0 Å². The molecule has 22 heavy (non-hydrogen) atoms. The molecule has 0 bridgehead atoms. The summed E-state index contributed by atoms with van der Waals surface area (Å²) < 4.78 is 5.35. The molecule has 6 nitrogen and oxygen atoms in total. The molecule has 1 aromatic heterocycles. The van der Waals surface area contributed by atoms with Crippen LogP contribution >= 0.6 is 0 Å². The molecular weight excluding hydrogens is 284 g/mol. The van der Waals surface area contributed by atoms with E-state index < -0.39 is 23.5 Å². The van der Waals surface area contributed by atoms with Gasteiger partial charge in [-0.2, -0.15) is 0 Å². The second-order valence-corrected chi connectivity index (χ2v) is 6.44. The molecule has 2 heterocycles. The van der Waals surface area contributed by atoms with Crippen molar-refractivity contribution in [3.63, 3.8) is 0 Å². The van der Waals surface area contributed by atoms with Crippen LogP contribution in [0.1, 0.15) is 44.6 Å². The molecule has 2 amide bonds. The lowest BCUT2D eigenvalue weighted by Gasteiger charge is -2.27. The van der Waals surface area contributed by atoms with E-state index in [2.05, 4.69) is 4.98 Å². The van der Waals surface area contributed by atoms with E-state index in [9.17, 15) is 14.4 Å². The van der Waals surface area contributed by atoms with Gasteiger partial charge in [-0.1, -0.05) is 13.0 Å². The Balaban J connectivity index is 2.29. The van der Waals surface area contributed by atoms with Crippen LogP contribution in [0.4, 0.5) is 0 Å². The number of hydrogen-bond donors (Lipinski definition) is 0. The molecule has 1 saturated heterocycles. The summed E-state index contributed by atoms with van der Waals surface area (Å²) in [6, 6.07) is 3.95. The Hall–Kier alpha value is -2.24. The van der Waals surface area contributed by atoms with E-state index in [1.165, 1.54) is 12.3 Å². The van der Waals surface area contributed by atoms with Gasteiger partial charge in [-0.3, -0.25) is 19.5 Å². The summed E-state index contributed by atoms with van der Waals surface area (Å²) in [6.07, 6.45) is 1.61. The smallest absolute Gasteiger partial charge is 0.330 e. The second-order valence-electron chi connectivity index (χ2n) is 6.44. The molecule has 118 valence electrons. The van der Waals surface area contributed by atoms with Crippen LogP contribution in [0.25, 0.3) is 0 Å². The SMILES string of the molecule is CC1CC(=O)N(C(=O)c2ccccn2)[C@@H]1C(=O)OC(C)(C)C. The first kappa shape index (κ1) is 16.1. The molecule has 0 aliphatic carbocycles.